The Morgan fingerprint density at radius 1 is 0.500 bits per heavy atom. The lowest BCUT2D eigenvalue weighted by Gasteiger charge is -2.56. The second-order valence-corrected chi connectivity index (χ2v) is 17.1. The number of unbranched alkanes of at least 4 members (excludes halogenated alkanes) is 16. The molecular weight excluding hydrogens is 600 g/mol. The second kappa shape index (κ2) is 21.5. The molecule has 2 rings (SSSR count). The quantitative estimate of drug-likeness (QED) is 0.0742. The van der Waals surface area contributed by atoms with E-state index in [0.717, 1.165) is 52.0 Å². The third-order valence-corrected chi connectivity index (χ3v) is 12.7. The van der Waals surface area contributed by atoms with E-state index in [1.165, 1.54) is 103 Å². The number of hydroxylamine groups is 4. The van der Waals surface area contributed by atoms with Gasteiger partial charge in [-0.1, -0.05) is 144 Å². The van der Waals surface area contributed by atoms with Crippen LogP contribution < -0.4 is 0 Å². The van der Waals surface area contributed by atoms with Gasteiger partial charge in [0.25, 0.3) is 0 Å². The Morgan fingerprint density at radius 2 is 0.792 bits per heavy atom. The minimum atomic E-state index is -0.550. The van der Waals surface area contributed by atoms with Gasteiger partial charge in [0.05, 0.1) is 13.2 Å². The van der Waals surface area contributed by atoms with Gasteiger partial charge in [-0.25, -0.2) is 4.79 Å². The molecule has 0 aromatic rings. The van der Waals surface area contributed by atoms with Gasteiger partial charge in [-0.2, -0.15) is 10.1 Å². The van der Waals surface area contributed by atoms with Gasteiger partial charge in [0.1, 0.15) is 12.2 Å². The molecule has 2 atom stereocenters. The zero-order valence-corrected chi connectivity index (χ0v) is 33.6. The van der Waals surface area contributed by atoms with Crippen LogP contribution in [0.1, 0.15) is 198 Å². The van der Waals surface area contributed by atoms with Crippen molar-refractivity contribution in [3.05, 3.63) is 0 Å². The molecule has 0 bridgehead atoms. The van der Waals surface area contributed by atoms with Crippen LogP contribution in [-0.2, 0) is 19.1 Å². The summed E-state index contributed by atoms with van der Waals surface area (Å²) in [6.45, 7) is 25.1. The largest absolute Gasteiger partial charge is 0.508 e. The first-order valence-corrected chi connectivity index (χ1v) is 20.4. The van der Waals surface area contributed by atoms with E-state index in [-0.39, 0.29) is 34.1 Å². The number of rotatable bonds is 24. The maximum Gasteiger partial charge on any atom is 0.508 e. The fraction of sp³-hybridized carbons (Fsp3) is 0.976. The minimum absolute atomic E-state index is 0.247. The van der Waals surface area contributed by atoms with Gasteiger partial charge in [-0.05, 0) is 40.5 Å². The van der Waals surface area contributed by atoms with Crippen molar-refractivity contribution in [3.8, 4) is 0 Å². The highest BCUT2D eigenvalue weighted by Gasteiger charge is 2.55. The molecule has 2 heterocycles. The SMILES string of the molecule is CCCCCCCCCCCON1CCC(OC(=O)OC2CCN(OCCCCCCCCCCC)C(C)(C)C2(C)C)C(C)(C)C1(C)C. The Hall–Kier alpha value is -0.890. The van der Waals surface area contributed by atoms with Crippen molar-refractivity contribution in [2.24, 2.45) is 10.8 Å². The van der Waals surface area contributed by atoms with Crippen molar-refractivity contribution in [3.63, 3.8) is 0 Å². The van der Waals surface area contributed by atoms with Crippen LogP contribution in [0.25, 0.3) is 0 Å². The third-order valence-electron chi connectivity index (χ3n) is 12.7. The van der Waals surface area contributed by atoms with E-state index in [4.69, 9.17) is 19.1 Å². The molecule has 2 fully saturated rings. The molecule has 7 nitrogen and oxygen atoms in total. The first-order chi connectivity index (χ1) is 22.7. The van der Waals surface area contributed by atoms with Crippen LogP contribution in [-0.4, -0.2) is 65.9 Å². The molecule has 0 aromatic carbocycles. The van der Waals surface area contributed by atoms with Crippen LogP contribution in [0.5, 0.6) is 0 Å². The zero-order chi connectivity index (χ0) is 35.7. The maximum absolute atomic E-state index is 13.3. The molecule has 2 saturated heterocycles. The first kappa shape index (κ1) is 43.3. The second-order valence-electron chi connectivity index (χ2n) is 17.1. The minimum Gasteiger partial charge on any atom is -0.430 e. The average Bonchev–Trinajstić information content (AvgIpc) is 3.02. The molecule has 2 aliphatic rings. The highest BCUT2D eigenvalue weighted by atomic mass is 16.7. The molecule has 0 aliphatic carbocycles. The number of carbonyl (C=O) groups excluding carboxylic acids is 1. The molecule has 2 aliphatic heterocycles. The summed E-state index contributed by atoms with van der Waals surface area (Å²) in [7, 11) is 0. The lowest BCUT2D eigenvalue weighted by molar-refractivity contribution is -0.285. The van der Waals surface area contributed by atoms with E-state index < -0.39 is 6.16 Å². The summed E-state index contributed by atoms with van der Waals surface area (Å²) in [5.41, 5.74) is -1.23. The van der Waals surface area contributed by atoms with Crippen LogP contribution in [0.15, 0.2) is 0 Å². The summed E-state index contributed by atoms with van der Waals surface area (Å²) in [5.74, 6) is 0. The van der Waals surface area contributed by atoms with Gasteiger partial charge < -0.3 is 9.47 Å². The van der Waals surface area contributed by atoms with E-state index in [0.29, 0.717) is 0 Å². The molecule has 7 heteroatoms. The van der Waals surface area contributed by atoms with Crippen LogP contribution in [0.3, 0.4) is 0 Å². The van der Waals surface area contributed by atoms with Crippen molar-refractivity contribution < 1.29 is 23.9 Å². The molecule has 284 valence electrons. The highest BCUT2D eigenvalue weighted by Crippen LogP contribution is 2.47. The number of hydrogen-bond donors (Lipinski definition) is 0. The Bertz CT molecular complexity index is 805. The van der Waals surface area contributed by atoms with E-state index in [1.54, 1.807) is 0 Å². The van der Waals surface area contributed by atoms with E-state index in [2.05, 4.69) is 79.4 Å². The molecule has 0 spiro atoms. The van der Waals surface area contributed by atoms with E-state index >= 15 is 0 Å². The van der Waals surface area contributed by atoms with Gasteiger partial charge in [0, 0.05) is 47.8 Å². The predicted octanol–water partition coefficient (Wildman–Crippen LogP) is 11.8. The molecule has 0 radical (unpaired) electrons. The molecule has 0 saturated carbocycles. The highest BCUT2D eigenvalue weighted by molar-refractivity contribution is 5.60. The van der Waals surface area contributed by atoms with Crippen molar-refractivity contribution in [2.75, 3.05) is 26.3 Å². The molecular formula is C41H80N2O5. The Labute approximate surface area is 297 Å². The number of hydrogen-bond acceptors (Lipinski definition) is 7. The van der Waals surface area contributed by atoms with Crippen molar-refractivity contribution >= 4 is 6.16 Å². The molecule has 0 N–H and O–H groups in total. The number of nitrogens with zero attached hydrogens (tertiary/aromatic N) is 2. The van der Waals surface area contributed by atoms with E-state index in [1.807, 2.05) is 0 Å². The van der Waals surface area contributed by atoms with Crippen LogP contribution in [0.2, 0.25) is 0 Å². The smallest absolute Gasteiger partial charge is 0.430 e. The van der Waals surface area contributed by atoms with Gasteiger partial charge in [-0.3, -0.25) is 9.68 Å². The number of ether oxygens (including phenoxy) is 2. The summed E-state index contributed by atoms with van der Waals surface area (Å²) < 4.78 is 12.3. The Kier molecular flexibility index (Phi) is 19.4. The fourth-order valence-corrected chi connectivity index (χ4v) is 7.48. The molecule has 0 amide bonds. The van der Waals surface area contributed by atoms with Gasteiger partial charge in [0.2, 0.25) is 0 Å². The lowest BCUT2D eigenvalue weighted by Crippen LogP contribution is -2.64. The number of carbonyl (C=O) groups is 1. The van der Waals surface area contributed by atoms with Gasteiger partial charge in [-0.15, -0.1) is 0 Å². The Morgan fingerprint density at radius 3 is 1.10 bits per heavy atom. The summed E-state index contributed by atoms with van der Waals surface area (Å²) in [6, 6.07) is 0. The first-order valence-electron chi connectivity index (χ1n) is 20.4. The standard InChI is InChI=1S/C41H80N2O5/c1-11-13-15-17-19-21-23-25-27-33-45-42-31-29-35(38(3,4)40(42,7)8)47-37(44)48-36-30-32-43(41(9,10)39(36,5)6)46-34-28-26-24-22-20-18-16-14-12-2/h35-36H,11-34H2,1-10H3. The van der Waals surface area contributed by atoms with Crippen LogP contribution in [0, 0.1) is 10.8 Å². The van der Waals surface area contributed by atoms with Crippen LogP contribution in [0.4, 0.5) is 4.79 Å². The normalized spacial score (nSPS) is 23.6. The lowest BCUT2D eigenvalue weighted by atomic mass is 9.66. The monoisotopic (exact) mass is 681 g/mol. The topological polar surface area (TPSA) is 60.5 Å². The zero-order valence-electron chi connectivity index (χ0n) is 33.6. The predicted molar refractivity (Wildman–Crippen MR) is 200 cm³/mol. The van der Waals surface area contributed by atoms with E-state index in [9.17, 15) is 4.79 Å². The van der Waals surface area contributed by atoms with Crippen LogP contribution >= 0.6 is 0 Å². The third kappa shape index (κ3) is 12.7. The fourth-order valence-electron chi connectivity index (χ4n) is 7.48. The molecule has 0 aromatic heterocycles. The summed E-state index contributed by atoms with van der Waals surface area (Å²) in [6.07, 6.45) is 23.9. The summed E-state index contributed by atoms with van der Waals surface area (Å²) in [5, 5.41) is 4.28. The van der Waals surface area contributed by atoms with Crippen molar-refractivity contribution in [2.45, 2.75) is 221 Å². The molecule has 2 unspecified atom stereocenters. The summed E-state index contributed by atoms with van der Waals surface area (Å²) >= 11 is 0. The van der Waals surface area contributed by atoms with Crippen molar-refractivity contribution in [1.29, 1.82) is 0 Å². The van der Waals surface area contributed by atoms with Crippen molar-refractivity contribution in [1.82, 2.24) is 10.1 Å². The Balaban J connectivity index is 1.76. The summed E-state index contributed by atoms with van der Waals surface area (Å²) in [4.78, 5) is 26.0. The number of piperidine rings is 2. The average molecular weight is 681 g/mol. The van der Waals surface area contributed by atoms with Gasteiger partial charge in [0.15, 0.2) is 0 Å². The van der Waals surface area contributed by atoms with Gasteiger partial charge >= 0.3 is 6.16 Å². The molecule has 48 heavy (non-hydrogen) atoms. The maximum atomic E-state index is 13.3.